The van der Waals surface area contributed by atoms with Gasteiger partial charge in [0.25, 0.3) is 0 Å². The molecular weight excluding hydrogens is 355 g/mol. The van der Waals surface area contributed by atoms with E-state index in [-0.39, 0.29) is 24.9 Å². The van der Waals surface area contributed by atoms with Gasteiger partial charge in [0.05, 0.1) is 16.8 Å². The number of hydrogen-bond donors (Lipinski definition) is 0. The topological polar surface area (TPSA) is 60.7 Å². The monoisotopic (exact) mass is 378 g/mol. The van der Waals surface area contributed by atoms with Crippen LogP contribution in [0.15, 0.2) is 23.2 Å². The van der Waals surface area contributed by atoms with E-state index >= 15 is 0 Å². The van der Waals surface area contributed by atoms with Crippen molar-refractivity contribution in [2.75, 3.05) is 6.61 Å². The summed E-state index contributed by atoms with van der Waals surface area (Å²) in [4.78, 5) is 29.0. The number of nitrogens with zero attached hydrogens (tertiary/aromatic N) is 2. The number of ether oxygens (including phenoxy) is 1. The van der Waals surface area contributed by atoms with Crippen molar-refractivity contribution in [3.63, 3.8) is 0 Å². The molecule has 0 N–H and O–H groups in total. The van der Waals surface area contributed by atoms with Crippen LogP contribution in [0.1, 0.15) is 45.4 Å². The fourth-order valence-electron chi connectivity index (χ4n) is 3.41. The Balaban J connectivity index is 1.91. The number of fused-ring (bicyclic) bond motifs is 1. The molecule has 1 aromatic heterocycles. The maximum atomic E-state index is 13.5. The first-order chi connectivity index (χ1) is 12.6. The zero-order chi connectivity index (χ0) is 18.5. The third kappa shape index (κ3) is 4.58. The van der Waals surface area contributed by atoms with Gasteiger partial charge in [0.2, 0.25) is 5.91 Å². The van der Waals surface area contributed by atoms with Gasteiger partial charge in [-0.1, -0.05) is 30.6 Å². The number of carbonyl (C=O) groups is 2. The Hall–Kier alpha value is -2.02. The molecule has 1 aliphatic carbocycles. The molecule has 0 saturated heterocycles. The van der Waals surface area contributed by atoms with Crippen molar-refractivity contribution in [3.8, 4) is 0 Å². The number of hydrogen-bond acceptors (Lipinski definition) is 4. The van der Waals surface area contributed by atoms with Crippen molar-refractivity contribution in [1.29, 1.82) is 0 Å². The lowest BCUT2D eigenvalue weighted by Crippen LogP contribution is -2.23. The van der Waals surface area contributed by atoms with Gasteiger partial charge in [-0.3, -0.25) is 9.59 Å². The highest BCUT2D eigenvalue weighted by molar-refractivity contribution is 7.16. The first kappa shape index (κ1) is 18.8. The maximum absolute atomic E-state index is 13.5. The van der Waals surface area contributed by atoms with Crippen LogP contribution in [0.3, 0.4) is 0 Å². The molecule has 5 nitrogen and oxygen atoms in total. The van der Waals surface area contributed by atoms with Crippen LogP contribution < -0.4 is 4.80 Å². The summed E-state index contributed by atoms with van der Waals surface area (Å²) in [6.45, 7) is 1.97. The van der Waals surface area contributed by atoms with Crippen LogP contribution in [0, 0.1) is 11.7 Å². The van der Waals surface area contributed by atoms with Gasteiger partial charge in [0, 0.05) is 6.42 Å². The minimum Gasteiger partial charge on any atom is -0.465 e. The molecule has 1 fully saturated rings. The first-order valence-corrected chi connectivity index (χ1v) is 9.90. The number of thiazole rings is 1. The van der Waals surface area contributed by atoms with Crippen molar-refractivity contribution >= 4 is 33.4 Å². The van der Waals surface area contributed by atoms with Crippen LogP contribution in [-0.2, 0) is 20.9 Å². The average Bonchev–Trinajstić information content (AvgIpc) is 2.92. The van der Waals surface area contributed by atoms with Crippen LogP contribution in [0.2, 0.25) is 0 Å². The van der Waals surface area contributed by atoms with Crippen molar-refractivity contribution in [2.45, 2.75) is 52.0 Å². The fraction of sp³-hybridized carbons (Fsp3) is 0.526. The molecule has 0 unspecified atom stereocenters. The van der Waals surface area contributed by atoms with Gasteiger partial charge in [0.15, 0.2) is 4.80 Å². The Morgan fingerprint density at radius 1 is 1.31 bits per heavy atom. The maximum Gasteiger partial charge on any atom is 0.326 e. The Labute approximate surface area is 155 Å². The lowest BCUT2D eigenvalue weighted by molar-refractivity contribution is -0.143. The molecule has 1 amide bonds. The molecule has 1 aromatic carbocycles. The molecule has 0 atom stereocenters. The predicted octanol–water partition coefficient (Wildman–Crippen LogP) is 3.80. The summed E-state index contributed by atoms with van der Waals surface area (Å²) in [5.41, 5.74) is 0.675. The van der Waals surface area contributed by atoms with E-state index < -0.39 is 5.97 Å². The molecule has 140 valence electrons. The van der Waals surface area contributed by atoms with Crippen LogP contribution >= 0.6 is 11.3 Å². The van der Waals surface area contributed by atoms with Crippen LogP contribution in [-0.4, -0.2) is 23.1 Å². The minimum absolute atomic E-state index is 0.0466. The third-order valence-corrected chi connectivity index (χ3v) is 5.69. The van der Waals surface area contributed by atoms with Crippen LogP contribution in [0.4, 0.5) is 4.39 Å². The van der Waals surface area contributed by atoms with E-state index in [0.29, 0.717) is 27.4 Å². The van der Waals surface area contributed by atoms with Gasteiger partial charge in [-0.25, -0.2) is 4.39 Å². The SMILES string of the molecule is CCOC(=O)Cn1c(=NC(=O)CC2CCCCC2)sc2cc(F)ccc21. The largest absolute Gasteiger partial charge is 0.465 e. The average molecular weight is 378 g/mol. The summed E-state index contributed by atoms with van der Waals surface area (Å²) in [5.74, 6) is -0.549. The van der Waals surface area contributed by atoms with Crippen LogP contribution in [0.5, 0.6) is 0 Å². The highest BCUT2D eigenvalue weighted by atomic mass is 32.1. The van der Waals surface area contributed by atoms with Gasteiger partial charge >= 0.3 is 5.97 Å². The molecule has 1 heterocycles. The number of halogens is 1. The summed E-state index contributed by atoms with van der Waals surface area (Å²) in [5, 5.41) is 0. The molecule has 1 aliphatic rings. The first-order valence-electron chi connectivity index (χ1n) is 9.09. The van der Waals surface area contributed by atoms with E-state index in [1.807, 2.05) is 0 Å². The number of amides is 1. The summed E-state index contributed by atoms with van der Waals surface area (Å²) in [7, 11) is 0. The van der Waals surface area contributed by atoms with Gasteiger partial charge < -0.3 is 9.30 Å². The van der Waals surface area contributed by atoms with Crippen molar-refractivity contribution in [2.24, 2.45) is 10.9 Å². The predicted molar refractivity (Wildman–Crippen MR) is 98.2 cm³/mol. The van der Waals surface area contributed by atoms with E-state index in [4.69, 9.17) is 4.74 Å². The Kier molecular flexibility index (Phi) is 6.19. The Bertz CT molecular complexity index is 865. The zero-order valence-electron chi connectivity index (χ0n) is 14.9. The summed E-state index contributed by atoms with van der Waals surface area (Å²) in [6.07, 6.45) is 6.15. The molecule has 1 saturated carbocycles. The summed E-state index contributed by atoms with van der Waals surface area (Å²) >= 11 is 1.22. The van der Waals surface area contributed by atoms with Gasteiger partial charge in [-0.15, -0.1) is 0 Å². The highest BCUT2D eigenvalue weighted by Crippen LogP contribution is 2.26. The molecule has 26 heavy (non-hydrogen) atoms. The summed E-state index contributed by atoms with van der Waals surface area (Å²) in [6, 6.07) is 4.33. The summed E-state index contributed by atoms with van der Waals surface area (Å²) < 4.78 is 20.8. The molecule has 2 aromatic rings. The highest BCUT2D eigenvalue weighted by Gasteiger charge is 2.18. The normalized spacial score (nSPS) is 16.2. The molecule has 0 spiro atoms. The zero-order valence-corrected chi connectivity index (χ0v) is 15.7. The molecule has 0 bridgehead atoms. The van der Waals surface area contributed by atoms with E-state index in [0.717, 1.165) is 12.8 Å². The quantitative estimate of drug-likeness (QED) is 0.744. The molecule has 0 aliphatic heterocycles. The second-order valence-electron chi connectivity index (χ2n) is 6.60. The van der Waals surface area contributed by atoms with E-state index in [1.54, 1.807) is 17.6 Å². The second kappa shape index (κ2) is 8.58. The van der Waals surface area contributed by atoms with Gasteiger partial charge in [-0.2, -0.15) is 4.99 Å². The standard InChI is InChI=1S/C19H23FN2O3S/c1-2-25-18(24)12-22-15-9-8-14(20)11-16(15)26-19(22)21-17(23)10-13-6-4-3-5-7-13/h8-9,11,13H,2-7,10,12H2,1H3. The molecule has 0 radical (unpaired) electrons. The van der Waals surface area contributed by atoms with E-state index in [2.05, 4.69) is 4.99 Å². The number of benzene rings is 1. The van der Waals surface area contributed by atoms with Crippen molar-refractivity contribution in [1.82, 2.24) is 4.57 Å². The number of rotatable bonds is 5. The van der Waals surface area contributed by atoms with E-state index in [1.165, 1.54) is 42.7 Å². The molecule has 3 rings (SSSR count). The van der Waals surface area contributed by atoms with E-state index in [9.17, 15) is 14.0 Å². The number of esters is 1. The number of carbonyl (C=O) groups excluding carboxylic acids is 2. The number of aromatic nitrogens is 1. The lowest BCUT2D eigenvalue weighted by Gasteiger charge is -2.19. The fourth-order valence-corrected chi connectivity index (χ4v) is 4.48. The Morgan fingerprint density at radius 3 is 2.81 bits per heavy atom. The molecular formula is C19H23FN2O3S. The van der Waals surface area contributed by atoms with Crippen LogP contribution in [0.25, 0.3) is 10.2 Å². The third-order valence-electron chi connectivity index (χ3n) is 4.65. The Morgan fingerprint density at radius 2 is 2.08 bits per heavy atom. The van der Waals surface area contributed by atoms with Crippen molar-refractivity contribution in [3.05, 3.63) is 28.8 Å². The minimum atomic E-state index is -0.405. The second-order valence-corrected chi connectivity index (χ2v) is 7.61. The van der Waals surface area contributed by atoms with Gasteiger partial charge in [-0.05, 0) is 43.9 Å². The smallest absolute Gasteiger partial charge is 0.326 e. The van der Waals surface area contributed by atoms with Crippen molar-refractivity contribution < 1.29 is 18.7 Å². The molecule has 7 heteroatoms. The van der Waals surface area contributed by atoms with Gasteiger partial charge in [0.1, 0.15) is 12.4 Å². The lowest BCUT2D eigenvalue weighted by atomic mass is 9.87.